The molecule has 3 aromatic rings. The van der Waals surface area contributed by atoms with E-state index in [9.17, 15) is 18.0 Å². The van der Waals surface area contributed by atoms with Crippen LogP contribution in [0.25, 0.3) is 10.6 Å². The van der Waals surface area contributed by atoms with E-state index in [2.05, 4.69) is 29.4 Å². The van der Waals surface area contributed by atoms with E-state index in [0.717, 1.165) is 36.4 Å². The van der Waals surface area contributed by atoms with Gasteiger partial charge in [-0.15, -0.1) is 11.3 Å². The summed E-state index contributed by atoms with van der Waals surface area (Å²) in [6.07, 6.45) is -0.0425. The van der Waals surface area contributed by atoms with Crippen molar-refractivity contribution in [2.24, 2.45) is 13.0 Å². The van der Waals surface area contributed by atoms with Gasteiger partial charge in [-0.2, -0.15) is 18.3 Å². The van der Waals surface area contributed by atoms with E-state index in [0.29, 0.717) is 22.1 Å². The maximum atomic E-state index is 13.0. The Kier molecular flexibility index (Phi) is 5.34. The first-order valence-corrected chi connectivity index (χ1v) is 10.4. The number of nitrogens with zero attached hydrogens (tertiary/aromatic N) is 2. The average molecular weight is 418 g/mol. The molecule has 0 aliphatic heterocycles. The predicted molar refractivity (Wildman–Crippen MR) is 107 cm³/mol. The number of ketones is 1. The zero-order chi connectivity index (χ0) is 20.6. The van der Waals surface area contributed by atoms with Gasteiger partial charge >= 0.3 is 6.18 Å². The van der Waals surface area contributed by atoms with Crippen LogP contribution >= 0.6 is 11.3 Å². The third kappa shape index (κ3) is 4.29. The lowest BCUT2D eigenvalue weighted by Crippen LogP contribution is -2.11. The summed E-state index contributed by atoms with van der Waals surface area (Å²) in [6, 6.07) is 12.8. The number of aryl methyl sites for hydroxylation is 3. The molecule has 0 saturated heterocycles. The van der Waals surface area contributed by atoms with Crippen LogP contribution in [0.2, 0.25) is 0 Å². The third-order valence-electron chi connectivity index (χ3n) is 5.54. The molecule has 0 bridgehead atoms. The van der Waals surface area contributed by atoms with Crippen molar-refractivity contribution in [2.45, 2.75) is 38.3 Å². The molecular weight excluding hydrogens is 397 g/mol. The van der Waals surface area contributed by atoms with Gasteiger partial charge in [-0.25, -0.2) is 0 Å². The number of aromatic nitrogens is 2. The number of halogens is 3. The minimum absolute atomic E-state index is 0.0594. The monoisotopic (exact) mass is 418 g/mol. The second-order valence-corrected chi connectivity index (χ2v) is 8.62. The highest BCUT2D eigenvalue weighted by Gasteiger charge is 2.35. The van der Waals surface area contributed by atoms with Gasteiger partial charge in [0.1, 0.15) is 11.4 Å². The number of carbonyl (C=O) groups excluding carboxylic acids is 1. The molecule has 152 valence electrons. The van der Waals surface area contributed by atoms with Crippen LogP contribution in [-0.2, 0) is 26.1 Å². The second-order valence-electron chi connectivity index (χ2n) is 7.54. The number of alkyl halides is 3. The van der Waals surface area contributed by atoms with E-state index in [-0.39, 0.29) is 11.5 Å². The molecule has 1 aliphatic carbocycles. The lowest BCUT2D eigenvalue weighted by molar-refractivity contribution is -0.143. The molecule has 0 saturated carbocycles. The normalized spacial score (nSPS) is 15.2. The molecule has 0 amide bonds. The van der Waals surface area contributed by atoms with Crippen molar-refractivity contribution in [1.82, 2.24) is 9.78 Å². The number of rotatable bonds is 4. The van der Waals surface area contributed by atoms with Gasteiger partial charge in [0, 0.05) is 13.5 Å². The lowest BCUT2D eigenvalue weighted by Gasteiger charge is -2.11. The largest absolute Gasteiger partial charge is 0.433 e. The minimum atomic E-state index is -4.45. The third-order valence-corrected chi connectivity index (χ3v) is 6.69. The molecule has 0 spiro atoms. The fourth-order valence-corrected chi connectivity index (χ4v) is 4.86. The van der Waals surface area contributed by atoms with Gasteiger partial charge in [-0.1, -0.05) is 24.3 Å². The Bertz CT molecular complexity index is 1010. The zero-order valence-corrected chi connectivity index (χ0v) is 16.8. The number of carbonyl (C=O) groups is 1. The summed E-state index contributed by atoms with van der Waals surface area (Å²) in [6.45, 7) is 0. The van der Waals surface area contributed by atoms with Crippen LogP contribution in [0.3, 0.4) is 0 Å². The van der Waals surface area contributed by atoms with Gasteiger partial charge in [0.25, 0.3) is 0 Å². The van der Waals surface area contributed by atoms with Crippen molar-refractivity contribution in [1.29, 1.82) is 0 Å². The molecule has 0 atom stereocenters. The SMILES string of the molecule is Cn1nc(-c2ccc(C(=O)CC3CCc4ccccc4CC3)s2)cc1C(F)(F)F. The van der Waals surface area contributed by atoms with Crippen molar-refractivity contribution in [3.05, 3.63) is 64.2 Å². The van der Waals surface area contributed by atoms with E-state index in [1.54, 1.807) is 12.1 Å². The van der Waals surface area contributed by atoms with E-state index < -0.39 is 11.9 Å². The van der Waals surface area contributed by atoms with Crippen LogP contribution in [0.15, 0.2) is 42.5 Å². The van der Waals surface area contributed by atoms with Gasteiger partial charge < -0.3 is 0 Å². The fourth-order valence-electron chi connectivity index (χ4n) is 3.95. The van der Waals surface area contributed by atoms with Crippen LogP contribution in [-0.4, -0.2) is 15.6 Å². The first kappa shape index (κ1) is 19.9. The molecular formula is C22H21F3N2OS. The highest BCUT2D eigenvalue weighted by Crippen LogP contribution is 2.35. The summed E-state index contributed by atoms with van der Waals surface area (Å²) in [5.74, 6) is 0.385. The average Bonchev–Trinajstić information content (AvgIpc) is 3.26. The Morgan fingerprint density at radius 2 is 1.79 bits per heavy atom. The Morgan fingerprint density at radius 3 is 2.38 bits per heavy atom. The van der Waals surface area contributed by atoms with Crippen molar-refractivity contribution >= 4 is 17.1 Å². The lowest BCUT2D eigenvalue weighted by atomic mass is 9.93. The number of Topliss-reactive ketones (excluding diaryl/α,β-unsaturated/α-hetero) is 1. The Morgan fingerprint density at radius 1 is 1.14 bits per heavy atom. The van der Waals surface area contributed by atoms with Gasteiger partial charge in [-0.3, -0.25) is 9.48 Å². The molecule has 1 aromatic carbocycles. The molecule has 0 unspecified atom stereocenters. The zero-order valence-electron chi connectivity index (χ0n) is 16.0. The molecule has 0 fully saturated rings. The standard InChI is InChI=1S/C22H21F3N2OS/c1-27-21(22(23,24)25)13-17(26-27)19-10-11-20(29-19)18(28)12-14-6-8-15-4-2-3-5-16(15)9-7-14/h2-5,10-11,13-14H,6-9,12H2,1H3. The summed E-state index contributed by atoms with van der Waals surface area (Å²) >= 11 is 1.22. The van der Waals surface area contributed by atoms with E-state index in [1.807, 2.05) is 0 Å². The molecule has 4 rings (SSSR count). The summed E-state index contributed by atoms with van der Waals surface area (Å²) in [7, 11) is 1.27. The number of benzene rings is 1. The Labute approximate surface area is 171 Å². The molecule has 0 radical (unpaired) electrons. The Balaban J connectivity index is 1.44. The summed E-state index contributed by atoms with van der Waals surface area (Å²) in [4.78, 5) is 13.9. The maximum Gasteiger partial charge on any atom is 0.433 e. The molecule has 1 aliphatic rings. The molecule has 2 aromatic heterocycles. The van der Waals surface area contributed by atoms with Crippen LogP contribution in [0, 0.1) is 5.92 Å². The highest BCUT2D eigenvalue weighted by atomic mass is 32.1. The van der Waals surface area contributed by atoms with Crippen LogP contribution in [0.1, 0.15) is 45.8 Å². The first-order chi connectivity index (χ1) is 13.8. The number of hydrogen-bond acceptors (Lipinski definition) is 3. The summed E-state index contributed by atoms with van der Waals surface area (Å²) in [5.41, 5.74) is 2.19. The summed E-state index contributed by atoms with van der Waals surface area (Å²) < 4.78 is 39.8. The second kappa shape index (κ2) is 7.78. The first-order valence-electron chi connectivity index (χ1n) is 9.62. The summed E-state index contributed by atoms with van der Waals surface area (Å²) in [5, 5.41) is 3.97. The van der Waals surface area contributed by atoms with Crippen LogP contribution in [0.5, 0.6) is 0 Å². The Hall–Kier alpha value is -2.41. The number of hydrogen-bond donors (Lipinski definition) is 0. The van der Waals surface area contributed by atoms with E-state index in [4.69, 9.17) is 0 Å². The van der Waals surface area contributed by atoms with Gasteiger partial charge in [0.15, 0.2) is 5.78 Å². The van der Waals surface area contributed by atoms with Gasteiger partial charge in [0.2, 0.25) is 0 Å². The van der Waals surface area contributed by atoms with Gasteiger partial charge in [0.05, 0.1) is 9.75 Å². The van der Waals surface area contributed by atoms with Crippen molar-refractivity contribution in [3.8, 4) is 10.6 Å². The molecule has 7 heteroatoms. The van der Waals surface area contributed by atoms with Crippen molar-refractivity contribution in [2.75, 3.05) is 0 Å². The molecule has 0 N–H and O–H groups in total. The van der Waals surface area contributed by atoms with Crippen LogP contribution < -0.4 is 0 Å². The van der Waals surface area contributed by atoms with Gasteiger partial charge in [-0.05, 0) is 60.9 Å². The molecule has 2 heterocycles. The van der Waals surface area contributed by atoms with Crippen molar-refractivity contribution < 1.29 is 18.0 Å². The predicted octanol–water partition coefficient (Wildman–Crippen LogP) is 5.94. The van der Waals surface area contributed by atoms with E-state index in [1.165, 1.54) is 29.5 Å². The van der Waals surface area contributed by atoms with E-state index >= 15 is 0 Å². The minimum Gasteiger partial charge on any atom is -0.293 e. The topological polar surface area (TPSA) is 34.9 Å². The highest BCUT2D eigenvalue weighted by molar-refractivity contribution is 7.17. The quantitative estimate of drug-likeness (QED) is 0.388. The number of thiophene rings is 1. The fraction of sp³-hybridized carbons (Fsp3) is 0.364. The molecule has 3 nitrogen and oxygen atoms in total. The molecule has 29 heavy (non-hydrogen) atoms. The van der Waals surface area contributed by atoms with Crippen LogP contribution in [0.4, 0.5) is 13.2 Å². The van der Waals surface area contributed by atoms with Crippen molar-refractivity contribution in [3.63, 3.8) is 0 Å². The smallest absolute Gasteiger partial charge is 0.293 e. The maximum absolute atomic E-state index is 13.0. The number of fused-ring (bicyclic) bond motifs is 1.